The molecule has 4 nitrogen and oxygen atoms in total. The first kappa shape index (κ1) is 14.8. The average Bonchev–Trinajstić information content (AvgIpc) is 2.37. The molecule has 106 valence electrons. The molecule has 0 N–H and O–H groups in total. The number of hydrogen-bond donors (Lipinski definition) is 0. The Kier molecular flexibility index (Phi) is 4.01. The van der Waals surface area contributed by atoms with Crippen LogP contribution in [0.25, 0.3) is 0 Å². The van der Waals surface area contributed by atoms with Crippen LogP contribution in [0.5, 0.6) is 0 Å². The van der Waals surface area contributed by atoms with E-state index in [4.69, 9.17) is 11.6 Å². The fourth-order valence-electron chi connectivity index (χ4n) is 1.98. The van der Waals surface area contributed by atoms with Crippen LogP contribution in [0.1, 0.15) is 11.1 Å². The summed E-state index contributed by atoms with van der Waals surface area (Å²) in [6.45, 7) is 3.85. The van der Waals surface area contributed by atoms with Gasteiger partial charge in [-0.25, -0.2) is 13.4 Å². The molecule has 0 bridgehead atoms. The van der Waals surface area contributed by atoms with Gasteiger partial charge in [0.05, 0.1) is 5.69 Å². The molecule has 1 heterocycles. The molecule has 2 rings (SSSR count). The van der Waals surface area contributed by atoms with E-state index in [1.165, 1.54) is 23.6 Å². The van der Waals surface area contributed by atoms with Gasteiger partial charge in [-0.15, -0.1) is 0 Å². The summed E-state index contributed by atoms with van der Waals surface area (Å²) in [7, 11) is -2.21. The maximum atomic E-state index is 12.6. The molecule has 0 atom stereocenters. The first-order chi connectivity index (χ1) is 9.32. The van der Waals surface area contributed by atoms with Gasteiger partial charge in [-0.3, -0.25) is 4.31 Å². The summed E-state index contributed by atoms with van der Waals surface area (Å²) in [5.74, 6) is 0. The lowest BCUT2D eigenvalue weighted by molar-refractivity contribution is 0.594. The lowest BCUT2D eigenvalue weighted by Crippen LogP contribution is -2.27. The highest BCUT2D eigenvalue weighted by molar-refractivity contribution is 7.92. The van der Waals surface area contributed by atoms with E-state index in [9.17, 15) is 8.42 Å². The maximum Gasteiger partial charge on any atom is 0.267 e. The minimum Gasteiger partial charge on any atom is -0.269 e. The van der Waals surface area contributed by atoms with Gasteiger partial charge in [0.25, 0.3) is 10.0 Å². The molecule has 0 aliphatic carbocycles. The van der Waals surface area contributed by atoms with E-state index in [1.54, 1.807) is 6.07 Å². The molecule has 1 aromatic carbocycles. The number of aromatic nitrogens is 1. The predicted octanol–water partition coefficient (Wildman–Crippen LogP) is 3.18. The second-order valence-electron chi connectivity index (χ2n) is 4.61. The Labute approximate surface area is 124 Å². The lowest BCUT2D eigenvalue weighted by atomic mass is 10.1. The number of benzene rings is 1. The van der Waals surface area contributed by atoms with E-state index in [1.807, 2.05) is 32.0 Å². The zero-order chi connectivity index (χ0) is 14.9. The van der Waals surface area contributed by atoms with Crippen molar-refractivity contribution in [2.75, 3.05) is 11.4 Å². The topological polar surface area (TPSA) is 50.3 Å². The highest BCUT2D eigenvalue weighted by atomic mass is 35.5. The normalized spacial score (nSPS) is 11.4. The highest BCUT2D eigenvalue weighted by Crippen LogP contribution is 2.27. The second kappa shape index (κ2) is 5.42. The van der Waals surface area contributed by atoms with E-state index in [-0.39, 0.29) is 10.0 Å². The Hall–Kier alpha value is -1.59. The molecule has 0 radical (unpaired) electrons. The Morgan fingerprint density at radius 2 is 1.75 bits per heavy atom. The summed E-state index contributed by atoms with van der Waals surface area (Å²) in [5.41, 5.74) is 2.60. The van der Waals surface area contributed by atoms with Crippen molar-refractivity contribution >= 4 is 27.3 Å². The minimum atomic E-state index is -3.72. The van der Waals surface area contributed by atoms with Crippen LogP contribution in [0.3, 0.4) is 0 Å². The Bertz CT molecular complexity index is 724. The standard InChI is InChI=1S/C14H15ClN2O2S/c1-10-7-11(2)9-12(8-10)17(3)20(18,19)13-5-4-6-16-14(13)15/h4-9H,1-3H3. The SMILES string of the molecule is Cc1cc(C)cc(N(C)S(=O)(=O)c2cccnc2Cl)c1. The molecular weight excluding hydrogens is 296 g/mol. The molecule has 0 aliphatic rings. The molecule has 2 aromatic rings. The van der Waals surface area contributed by atoms with Crippen LogP contribution in [-0.4, -0.2) is 20.4 Å². The van der Waals surface area contributed by atoms with Gasteiger partial charge in [0.1, 0.15) is 10.0 Å². The molecule has 1 aromatic heterocycles. The van der Waals surface area contributed by atoms with Gasteiger partial charge in [0.15, 0.2) is 0 Å². The fourth-order valence-corrected chi connectivity index (χ4v) is 3.59. The average molecular weight is 311 g/mol. The maximum absolute atomic E-state index is 12.6. The number of anilines is 1. The van der Waals surface area contributed by atoms with Gasteiger partial charge in [-0.2, -0.15) is 0 Å². The molecule has 0 saturated heterocycles. The Balaban J connectivity index is 2.52. The molecular formula is C14H15ClN2O2S. The van der Waals surface area contributed by atoms with E-state index in [2.05, 4.69) is 4.98 Å². The molecule has 0 fully saturated rings. The quantitative estimate of drug-likeness (QED) is 0.818. The molecule has 0 unspecified atom stereocenters. The Morgan fingerprint density at radius 1 is 1.15 bits per heavy atom. The highest BCUT2D eigenvalue weighted by Gasteiger charge is 2.24. The minimum absolute atomic E-state index is 0.00308. The third-order valence-electron chi connectivity index (χ3n) is 2.93. The van der Waals surface area contributed by atoms with E-state index >= 15 is 0 Å². The second-order valence-corrected chi connectivity index (χ2v) is 6.91. The Morgan fingerprint density at radius 3 is 2.30 bits per heavy atom. The largest absolute Gasteiger partial charge is 0.269 e. The predicted molar refractivity (Wildman–Crippen MR) is 80.8 cm³/mol. The zero-order valence-corrected chi connectivity index (χ0v) is 13.0. The van der Waals surface area contributed by atoms with Crippen LogP contribution in [0.2, 0.25) is 5.15 Å². The number of aryl methyl sites for hydroxylation is 2. The number of hydrogen-bond acceptors (Lipinski definition) is 3. The van der Waals surface area contributed by atoms with Crippen molar-refractivity contribution < 1.29 is 8.42 Å². The van der Waals surface area contributed by atoms with Gasteiger partial charge < -0.3 is 0 Å². The van der Waals surface area contributed by atoms with Crippen LogP contribution in [0.4, 0.5) is 5.69 Å². The molecule has 6 heteroatoms. The molecule has 0 aliphatic heterocycles. The van der Waals surface area contributed by atoms with Gasteiger partial charge in [0, 0.05) is 13.2 Å². The number of nitrogens with zero attached hydrogens (tertiary/aromatic N) is 2. The number of pyridine rings is 1. The van der Waals surface area contributed by atoms with Crippen LogP contribution in [0, 0.1) is 13.8 Å². The van der Waals surface area contributed by atoms with Crippen LogP contribution in [0.15, 0.2) is 41.4 Å². The fraction of sp³-hybridized carbons (Fsp3) is 0.214. The first-order valence-corrected chi connectivity index (χ1v) is 7.82. The zero-order valence-electron chi connectivity index (χ0n) is 11.5. The van der Waals surface area contributed by atoms with E-state index in [0.29, 0.717) is 5.69 Å². The van der Waals surface area contributed by atoms with Gasteiger partial charge in [-0.05, 0) is 49.2 Å². The van der Waals surface area contributed by atoms with Gasteiger partial charge in [-0.1, -0.05) is 17.7 Å². The van der Waals surface area contributed by atoms with Gasteiger partial charge in [0.2, 0.25) is 0 Å². The summed E-state index contributed by atoms with van der Waals surface area (Å²) >= 11 is 5.89. The third-order valence-corrected chi connectivity index (χ3v) is 5.16. The van der Waals surface area contributed by atoms with Crippen molar-refractivity contribution in [1.82, 2.24) is 4.98 Å². The van der Waals surface area contributed by atoms with Crippen molar-refractivity contribution in [2.45, 2.75) is 18.7 Å². The smallest absolute Gasteiger partial charge is 0.267 e. The summed E-state index contributed by atoms with van der Waals surface area (Å²) in [6, 6.07) is 8.61. The summed E-state index contributed by atoms with van der Waals surface area (Å²) in [6.07, 6.45) is 1.46. The van der Waals surface area contributed by atoms with Crippen molar-refractivity contribution in [3.63, 3.8) is 0 Å². The molecule has 0 spiro atoms. The van der Waals surface area contributed by atoms with Gasteiger partial charge >= 0.3 is 0 Å². The molecule has 20 heavy (non-hydrogen) atoms. The van der Waals surface area contributed by atoms with E-state index in [0.717, 1.165) is 11.1 Å². The monoisotopic (exact) mass is 310 g/mol. The summed E-state index contributed by atoms with van der Waals surface area (Å²) in [4.78, 5) is 3.82. The number of rotatable bonds is 3. The van der Waals surface area contributed by atoms with Crippen molar-refractivity contribution in [2.24, 2.45) is 0 Å². The van der Waals surface area contributed by atoms with E-state index < -0.39 is 10.0 Å². The van der Waals surface area contributed by atoms with Crippen LogP contribution >= 0.6 is 11.6 Å². The molecule has 0 amide bonds. The first-order valence-electron chi connectivity index (χ1n) is 6.00. The van der Waals surface area contributed by atoms with Crippen molar-refractivity contribution in [3.8, 4) is 0 Å². The number of halogens is 1. The lowest BCUT2D eigenvalue weighted by Gasteiger charge is -2.20. The van der Waals surface area contributed by atoms with Crippen molar-refractivity contribution in [3.05, 3.63) is 52.8 Å². The molecule has 0 saturated carbocycles. The summed E-state index contributed by atoms with van der Waals surface area (Å²) < 4.78 is 26.4. The third kappa shape index (κ3) is 2.78. The van der Waals surface area contributed by atoms with Crippen molar-refractivity contribution in [1.29, 1.82) is 0 Å². The van der Waals surface area contributed by atoms with Crippen LogP contribution < -0.4 is 4.31 Å². The summed E-state index contributed by atoms with van der Waals surface area (Å²) in [5, 5.41) is -0.0243. The van der Waals surface area contributed by atoms with Crippen LogP contribution in [-0.2, 0) is 10.0 Å². The number of sulfonamides is 1.